The molecule has 1 aromatic rings. The first-order chi connectivity index (χ1) is 6.82. The summed E-state index contributed by atoms with van der Waals surface area (Å²) in [6.07, 6.45) is 1.70. The van der Waals surface area contributed by atoms with Crippen molar-refractivity contribution in [1.29, 1.82) is 0 Å². The molecular weight excluding hydrogens is 186 g/mol. The number of nitrogen functional groups attached to an aromatic ring is 1. The highest BCUT2D eigenvalue weighted by Gasteiger charge is 2.24. The molecule has 1 unspecified atom stereocenters. The molecule has 1 atom stereocenters. The highest BCUT2D eigenvalue weighted by atomic mass is 15.2. The quantitative estimate of drug-likeness (QED) is 0.810. The Morgan fingerprint density at radius 3 is 2.33 bits per heavy atom. The minimum Gasteiger partial charge on any atom is -0.397 e. The van der Waals surface area contributed by atoms with Crippen molar-refractivity contribution in [3.63, 3.8) is 0 Å². The molecule has 1 heterocycles. The smallest absolute Gasteiger partial charge is 0.128 e. The summed E-state index contributed by atoms with van der Waals surface area (Å²) in [5.74, 6) is 0.964. The largest absolute Gasteiger partial charge is 0.397 e. The number of rotatable bonds is 2. The van der Waals surface area contributed by atoms with Crippen molar-refractivity contribution >= 4 is 11.5 Å². The van der Waals surface area contributed by atoms with E-state index in [0.29, 0.717) is 11.7 Å². The predicted octanol–water partition coefficient (Wildman–Crippen LogP) is 2.53. The van der Waals surface area contributed by atoms with E-state index in [-0.39, 0.29) is 5.41 Å². The molecule has 84 valence electrons. The number of anilines is 2. The van der Waals surface area contributed by atoms with E-state index in [1.54, 1.807) is 6.20 Å². The summed E-state index contributed by atoms with van der Waals surface area (Å²) in [4.78, 5) is 6.49. The first-order valence-corrected chi connectivity index (χ1v) is 5.26. The number of nitrogens with zero attached hydrogens (tertiary/aromatic N) is 2. The number of hydrogen-bond donors (Lipinski definition) is 1. The van der Waals surface area contributed by atoms with Crippen LogP contribution in [0.15, 0.2) is 18.3 Å². The molecule has 3 heteroatoms. The Labute approximate surface area is 92.3 Å². The zero-order valence-corrected chi connectivity index (χ0v) is 10.3. The molecule has 1 rings (SSSR count). The summed E-state index contributed by atoms with van der Waals surface area (Å²) in [7, 11) is 2.06. The van der Waals surface area contributed by atoms with Gasteiger partial charge in [-0.15, -0.1) is 0 Å². The van der Waals surface area contributed by atoms with Gasteiger partial charge < -0.3 is 10.6 Å². The SMILES string of the molecule is CC(N(C)c1ccc(N)cn1)C(C)(C)C. The van der Waals surface area contributed by atoms with Crippen LogP contribution in [-0.2, 0) is 0 Å². The van der Waals surface area contributed by atoms with Crippen LogP contribution in [0.4, 0.5) is 11.5 Å². The Bertz CT molecular complexity index is 311. The Kier molecular flexibility index (Phi) is 3.22. The van der Waals surface area contributed by atoms with Crippen LogP contribution in [-0.4, -0.2) is 18.1 Å². The molecule has 0 saturated heterocycles. The van der Waals surface area contributed by atoms with Gasteiger partial charge in [0.15, 0.2) is 0 Å². The summed E-state index contributed by atoms with van der Waals surface area (Å²) in [5, 5.41) is 0. The maximum Gasteiger partial charge on any atom is 0.128 e. The van der Waals surface area contributed by atoms with Gasteiger partial charge in [-0.25, -0.2) is 4.98 Å². The lowest BCUT2D eigenvalue weighted by Crippen LogP contribution is -2.39. The summed E-state index contributed by atoms with van der Waals surface area (Å²) in [6, 6.07) is 4.26. The molecule has 15 heavy (non-hydrogen) atoms. The Balaban J connectivity index is 2.85. The highest BCUT2D eigenvalue weighted by Crippen LogP contribution is 2.26. The number of hydrogen-bond acceptors (Lipinski definition) is 3. The van der Waals surface area contributed by atoms with E-state index in [2.05, 4.69) is 44.6 Å². The molecule has 1 aromatic heterocycles. The number of nitrogens with two attached hydrogens (primary N) is 1. The van der Waals surface area contributed by atoms with Gasteiger partial charge >= 0.3 is 0 Å². The minimum absolute atomic E-state index is 0.234. The molecule has 0 amide bonds. The molecule has 0 bridgehead atoms. The topological polar surface area (TPSA) is 42.1 Å². The third-order valence-corrected chi connectivity index (χ3v) is 2.97. The molecule has 0 spiro atoms. The average molecular weight is 207 g/mol. The molecule has 0 aliphatic carbocycles. The van der Waals surface area contributed by atoms with E-state index in [1.807, 2.05) is 12.1 Å². The van der Waals surface area contributed by atoms with Crippen LogP contribution < -0.4 is 10.6 Å². The second kappa shape index (κ2) is 4.09. The Morgan fingerprint density at radius 2 is 1.93 bits per heavy atom. The fraction of sp³-hybridized carbons (Fsp3) is 0.583. The molecule has 3 nitrogen and oxygen atoms in total. The van der Waals surface area contributed by atoms with Crippen LogP contribution >= 0.6 is 0 Å². The maximum atomic E-state index is 5.61. The van der Waals surface area contributed by atoms with E-state index in [0.717, 1.165) is 5.82 Å². The fourth-order valence-electron chi connectivity index (χ4n) is 1.39. The van der Waals surface area contributed by atoms with Crippen molar-refractivity contribution in [2.75, 3.05) is 17.7 Å². The maximum absolute atomic E-state index is 5.61. The van der Waals surface area contributed by atoms with Gasteiger partial charge in [0, 0.05) is 13.1 Å². The van der Waals surface area contributed by atoms with Crippen molar-refractivity contribution in [2.24, 2.45) is 5.41 Å². The summed E-state index contributed by atoms with van der Waals surface area (Å²) >= 11 is 0. The van der Waals surface area contributed by atoms with E-state index >= 15 is 0 Å². The van der Waals surface area contributed by atoms with Gasteiger partial charge in [0.2, 0.25) is 0 Å². The van der Waals surface area contributed by atoms with Crippen LogP contribution in [0.1, 0.15) is 27.7 Å². The lowest BCUT2D eigenvalue weighted by Gasteiger charge is -2.36. The Morgan fingerprint density at radius 1 is 1.33 bits per heavy atom. The van der Waals surface area contributed by atoms with Gasteiger partial charge in [-0.2, -0.15) is 0 Å². The van der Waals surface area contributed by atoms with Gasteiger partial charge in [0.05, 0.1) is 11.9 Å². The second-order valence-electron chi connectivity index (χ2n) is 5.10. The summed E-state index contributed by atoms with van der Waals surface area (Å²) in [6.45, 7) is 8.89. The molecule has 0 radical (unpaired) electrons. The third kappa shape index (κ3) is 2.85. The molecule has 0 aliphatic rings. The van der Waals surface area contributed by atoms with Crippen molar-refractivity contribution in [1.82, 2.24) is 4.98 Å². The lowest BCUT2D eigenvalue weighted by molar-refractivity contribution is 0.328. The minimum atomic E-state index is 0.234. The third-order valence-electron chi connectivity index (χ3n) is 2.97. The Hall–Kier alpha value is -1.25. The van der Waals surface area contributed by atoms with Gasteiger partial charge in [0.1, 0.15) is 5.82 Å². The van der Waals surface area contributed by atoms with Crippen LogP contribution in [0, 0.1) is 5.41 Å². The summed E-state index contributed by atoms with van der Waals surface area (Å²) in [5.41, 5.74) is 6.55. The van der Waals surface area contributed by atoms with Crippen molar-refractivity contribution in [2.45, 2.75) is 33.7 Å². The lowest BCUT2D eigenvalue weighted by atomic mass is 9.87. The normalized spacial score (nSPS) is 13.7. The van der Waals surface area contributed by atoms with Crippen molar-refractivity contribution < 1.29 is 0 Å². The predicted molar refractivity (Wildman–Crippen MR) is 66.0 cm³/mol. The second-order valence-corrected chi connectivity index (χ2v) is 5.10. The van der Waals surface area contributed by atoms with Crippen molar-refractivity contribution in [3.8, 4) is 0 Å². The van der Waals surface area contributed by atoms with Crippen LogP contribution in [0.3, 0.4) is 0 Å². The van der Waals surface area contributed by atoms with Crippen LogP contribution in [0.2, 0.25) is 0 Å². The molecule has 0 aliphatic heterocycles. The average Bonchev–Trinajstić information content (AvgIpc) is 2.15. The highest BCUT2D eigenvalue weighted by molar-refractivity contribution is 5.46. The van der Waals surface area contributed by atoms with E-state index in [9.17, 15) is 0 Å². The molecule has 0 saturated carbocycles. The van der Waals surface area contributed by atoms with Crippen LogP contribution in [0.25, 0.3) is 0 Å². The zero-order valence-electron chi connectivity index (χ0n) is 10.3. The summed E-state index contributed by atoms with van der Waals surface area (Å²) < 4.78 is 0. The first kappa shape index (κ1) is 11.8. The van der Waals surface area contributed by atoms with Crippen molar-refractivity contribution in [3.05, 3.63) is 18.3 Å². The van der Waals surface area contributed by atoms with Gasteiger partial charge in [-0.05, 0) is 24.5 Å². The van der Waals surface area contributed by atoms with E-state index in [1.165, 1.54) is 0 Å². The first-order valence-electron chi connectivity index (χ1n) is 5.26. The molecule has 2 N–H and O–H groups in total. The van der Waals surface area contributed by atoms with Gasteiger partial charge in [-0.3, -0.25) is 0 Å². The molecule has 0 fully saturated rings. The van der Waals surface area contributed by atoms with Crippen LogP contribution in [0.5, 0.6) is 0 Å². The van der Waals surface area contributed by atoms with E-state index in [4.69, 9.17) is 5.73 Å². The van der Waals surface area contributed by atoms with Gasteiger partial charge in [0.25, 0.3) is 0 Å². The standard InChI is InChI=1S/C12H21N3/c1-9(12(2,3)4)15(5)11-7-6-10(13)8-14-11/h6-9H,13H2,1-5H3. The fourth-order valence-corrected chi connectivity index (χ4v) is 1.39. The molecular formula is C12H21N3. The zero-order chi connectivity index (χ0) is 11.6. The van der Waals surface area contributed by atoms with Gasteiger partial charge in [-0.1, -0.05) is 20.8 Å². The number of aromatic nitrogens is 1. The van der Waals surface area contributed by atoms with E-state index < -0.39 is 0 Å². The number of pyridine rings is 1. The molecule has 0 aromatic carbocycles. The monoisotopic (exact) mass is 207 g/mol.